The van der Waals surface area contributed by atoms with Crippen molar-refractivity contribution in [3.05, 3.63) is 29.8 Å². The number of carboxylic acids is 1. The smallest absolute Gasteiger partial charge is 0.303 e. The van der Waals surface area contributed by atoms with Crippen molar-refractivity contribution >= 4 is 11.9 Å². The van der Waals surface area contributed by atoms with Gasteiger partial charge in [0, 0.05) is 25.1 Å². The van der Waals surface area contributed by atoms with Crippen LogP contribution in [0.2, 0.25) is 0 Å². The molecule has 0 radical (unpaired) electrons. The second kappa shape index (κ2) is 8.38. The zero-order chi connectivity index (χ0) is 15.8. The van der Waals surface area contributed by atoms with E-state index in [1.807, 2.05) is 0 Å². The lowest BCUT2D eigenvalue weighted by Gasteiger charge is -2.11. The van der Waals surface area contributed by atoms with E-state index in [1.54, 1.807) is 24.3 Å². The van der Waals surface area contributed by atoms with Crippen LogP contribution in [0.5, 0.6) is 5.75 Å². The lowest BCUT2D eigenvalue weighted by molar-refractivity contribution is -0.137. The van der Waals surface area contributed by atoms with Crippen LogP contribution in [0.25, 0.3) is 0 Å². The summed E-state index contributed by atoms with van der Waals surface area (Å²) in [7, 11) is 0. The number of carboxylic acid groups (broad SMARTS) is 1. The molecule has 1 heterocycles. The molecule has 0 aromatic heterocycles. The van der Waals surface area contributed by atoms with Crippen LogP contribution in [0.1, 0.15) is 36.0 Å². The van der Waals surface area contributed by atoms with Crippen molar-refractivity contribution in [3.8, 4) is 5.75 Å². The molecule has 1 aliphatic rings. The number of hydrogen-bond donors (Lipinski definition) is 2. The monoisotopic (exact) mass is 307 g/mol. The lowest BCUT2D eigenvalue weighted by Crippen LogP contribution is -2.24. The summed E-state index contributed by atoms with van der Waals surface area (Å²) in [6, 6.07) is 6.89. The molecule has 1 aromatic rings. The minimum absolute atomic E-state index is 0.0519. The highest BCUT2D eigenvalue weighted by Crippen LogP contribution is 2.16. The molecule has 1 aromatic carbocycles. The maximum atomic E-state index is 11.8. The summed E-state index contributed by atoms with van der Waals surface area (Å²) >= 11 is 0. The first-order chi connectivity index (χ1) is 10.6. The lowest BCUT2D eigenvalue weighted by atomic mass is 10.2. The van der Waals surface area contributed by atoms with E-state index in [1.165, 1.54) is 0 Å². The fourth-order valence-electron chi connectivity index (χ4n) is 2.21. The molecule has 2 rings (SSSR count). The number of carbonyl (C=O) groups excluding carboxylic acids is 1. The average molecular weight is 307 g/mol. The Balaban J connectivity index is 1.72. The van der Waals surface area contributed by atoms with Crippen molar-refractivity contribution in [2.75, 3.05) is 19.8 Å². The van der Waals surface area contributed by atoms with Gasteiger partial charge in [-0.05, 0) is 43.5 Å². The van der Waals surface area contributed by atoms with Gasteiger partial charge in [-0.25, -0.2) is 0 Å². The number of ether oxygens (including phenoxy) is 2. The van der Waals surface area contributed by atoms with Gasteiger partial charge in [0.15, 0.2) is 0 Å². The highest BCUT2D eigenvalue weighted by atomic mass is 16.5. The van der Waals surface area contributed by atoms with Gasteiger partial charge < -0.3 is 19.9 Å². The first kappa shape index (κ1) is 16.3. The van der Waals surface area contributed by atoms with E-state index >= 15 is 0 Å². The number of benzene rings is 1. The van der Waals surface area contributed by atoms with Crippen molar-refractivity contribution in [1.29, 1.82) is 0 Å². The Bertz CT molecular complexity index is 494. The summed E-state index contributed by atoms with van der Waals surface area (Å²) < 4.78 is 11.1. The Morgan fingerprint density at radius 1 is 1.32 bits per heavy atom. The molecule has 6 nitrogen and oxygen atoms in total. The van der Waals surface area contributed by atoms with Crippen LogP contribution in [0.3, 0.4) is 0 Å². The number of amides is 1. The van der Waals surface area contributed by atoms with Gasteiger partial charge in [0.1, 0.15) is 12.4 Å². The van der Waals surface area contributed by atoms with Crippen molar-refractivity contribution < 1.29 is 24.2 Å². The van der Waals surface area contributed by atoms with Gasteiger partial charge in [-0.2, -0.15) is 0 Å². The van der Waals surface area contributed by atoms with Gasteiger partial charge in [0.05, 0.1) is 6.10 Å². The van der Waals surface area contributed by atoms with E-state index in [9.17, 15) is 9.59 Å². The first-order valence-corrected chi connectivity index (χ1v) is 7.49. The first-order valence-electron chi connectivity index (χ1n) is 7.49. The maximum Gasteiger partial charge on any atom is 0.303 e. The number of carbonyl (C=O) groups is 2. The molecule has 0 spiro atoms. The van der Waals surface area contributed by atoms with Gasteiger partial charge >= 0.3 is 5.97 Å². The molecule has 1 atom stereocenters. The molecule has 0 aliphatic carbocycles. The second-order valence-corrected chi connectivity index (χ2v) is 5.22. The summed E-state index contributed by atoms with van der Waals surface area (Å²) in [5, 5.41) is 11.2. The maximum absolute atomic E-state index is 11.8. The zero-order valence-corrected chi connectivity index (χ0v) is 12.4. The van der Waals surface area contributed by atoms with Crippen molar-refractivity contribution in [2.45, 2.75) is 31.8 Å². The highest BCUT2D eigenvalue weighted by Gasteiger charge is 2.16. The van der Waals surface area contributed by atoms with E-state index in [0.717, 1.165) is 19.4 Å². The van der Waals surface area contributed by atoms with Gasteiger partial charge in [0.25, 0.3) is 5.91 Å². The largest absolute Gasteiger partial charge is 0.491 e. The van der Waals surface area contributed by atoms with Crippen LogP contribution in [-0.2, 0) is 9.53 Å². The minimum atomic E-state index is -0.859. The molecule has 1 unspecified atom stereocenters. The van der Waals surface area contributed by atoms with Gasteiger partial charge in [-0.1, -0.05) is 0 Å². The van der Waals surface area contributed by atoms with E-state index < -0.39 is 5.97 Å². The standard InChI is InChI=1S/C16H21NO5/c18-15(19)4-1-9-17-16(20)12-5-7-13(8-6-12)22-11-14-3-2-10-21-14/h5-8,14H,1-4,9-11H2,(H,17,20)(H,18,19). The Hall–Kier alpha value is -2.08. The third kappa shape index (κ3) is 5.37. The number of aliphatic carboxylic acids is 1. The van der Waals surface area contributed by atoms with E-state index in [-0.39, 0.29) is 18.4 Å². The highest BCUT2D eigenvalue weighted by molar-refractivity contribution is 5.94. The van der Waals surface area contributed by atoms with Crippen LogP contribution in [-0.4, -0.2) is 42.8 Å². The molecule has 22 heavy (non-hydrogen) atoms. The van der Waals surface area contributed by atoms with E-state index in [2.05, 4.69) is 5.32 Å². The predicted molar refractivity (Wildman–Crippen MR) is 80.1 cm³/mol. The summed E-state index contributed by atoms with van der Waals surface area (Å²) in [5.74, 6) is -0.365. The second-order valence-electron chi connectivity index (χ2n) is 5.22. The minimum Gasteiger partial charge on any atom is -0.491 e. The van der Waals surface area contributed by atoms with E-state index in [0.29, 0.717) is 30.9 Å². The van der Waals surface area contributed by atoms with Gasteiger partial charge in [0.2, 0.25) is 0 Å². The van der Waals surface area contributed by atoms with E-state index in [4.69, 9.17) is 14.6 Å². The quantitative estimate of drug-likeness (QED) is 0.716. The molecule has 1 fully saturated rings. The Morgan fingerprint density at radius 2 is 2.09 bits per heavy atom. The molecule has 1 saturated heterocycles. The van der Waals surface area contributed by atoms with Crippen LogP contribution in [0.15, 0.2) is 24.3 Å². The summed E-state index contributed by atoms with van der Waals surface area (Å²) in [5.41, 5.74) is 0.528. The summed E-state index contributed by atoms with van der Waals surface area (Å²) in [6.45, 7) is 1.68. The normalized spacial score (nSPS) is 17.2. The fraction of sp³-hybridized carbons (Fsp3) is 0.500. The molecule has 6 heteroatoms. The molecule has 0 saturated carbocycles. The predicted octanol–water partition coefficient (Wildman–Crippen LogP) is 1.84. The Morgan fingerprint density at radius 3 is 2.73 bits per heavy atom. The number of rotatable bonds is 8. The van der Waals surface area contributed by atoms with Crippen LogP contribution in [0, 0.1) is 0 Å². The molecule has 2 N–H and O–H groups in total. The number of hydrogen-bond acceptors (Lipinski definition) is 4. The molecule has 1 amide bonds. The van der Waals surface area contributed by atoms with Crippen molar-refractivity contribution in [2.24, 2.45) is 0 Å². The average Bonchev–Trinajstić information content (AvgIpc) is 3.03. The summed E-state index contributed by atoms with van der Waals surface area (Å²) in [6.07, 6.45) is 2.74. The topological polar surface area (TPSA) is 84.9 Å². The SMILES string of the molecule is O=C(O)CCCNC(=O)c1ccc(OCC2CCCO2)cc1. The fourth-order valence-corrected chi connectivity index (χ4v) is 2.21. The molecule has 120 valence electrons. The zero-order valence-electron chi connectivity index (χ0n) is 12.4. The van der Waals surface area contributed by atoms with Crippen molar-refractivity contribution in [1.82, 2.24) is 5.32 Å². The Kier molecular flexibility index (Phi) is 6.21. The molecular weight excluding hydrogens is 286 g/mol. The van der Waals surface area contributed by atoms with Gasteiger partial charge in [-0.3, -0.25) is 9.59 Å². The van der Waals surface area contributed by atoms with Crippen molar-refractivity contribution in [3.63, 3.8) is 0 Å². The molecule has 1 aliphatic heterocycles. The van der Waals surface area contributed by atoms with Crippen LogP contribution < -0.4 is 10.1 Å². The Labute approximate surface area is 129 Å². The number of nitrogens with one attached hydrogen (secondary N) is 1. The molecular formula is C16H21NO5. The van der Waals surface area contributed by atoms with Crippen LogP contribution >= 0.6 is 0 Å². The summed E-state index contributed by atoms with van der Waals surface area (Å²) in [4.78, 5) is 22.2. The third-order valence-corrected chi connectivity index (χ3v) is 3.43. The molecule has 0 bridgehead atoms. The third-order valence-electron chi connectivity index (χ3n) is 3.43. The van der Waals surface area contributed by atoms with Gasteiger partial charge in [-0.15, -0.1) is 0 Å². The van der Waals surface area contributed by atoms with Crippen LogP contribution in [0.4, 0.5) is 0 Å².